The molecule has 1 heterocycles. The number of rotatable bonds is 4. The molecule has 0 saturated heterocycles. The molecule has 5 nitrogen and oxygen atoms in total. The molecule has 98 valence electrons. The third-order valence-corrected chi connectivity index (χ3v) is 2.52. The molecule has 0 aliphatic carbocycles. The van der Waals surface area contributed by atoms with Gasteiger partial charge in [-0.1, -0.05) is 12.1 Å². The number of benzene rings is 1. The fourth-order valence-corrected chi connectivity index (χ4v) is 1.51. The van der Waals surface area contributed by atoms with Gasteiger partial charge >= 0.3 is 0 Å². The zero-order chi connectivity index (χ0) is 13.7. The molecular formula is C13H12FN3O2. The summed E-state index contributed by atoms with van der Waals surface area (Å²) in [5.74, 6) is -0.372. The van der Waals surface area contributed by atoms with Gasteiger partial charge in [-0.05, 0) is 29.8 Å². The third kappa shape index (κ3) is 3.49. The predicted octanol–water partition coefficient (Wildman–Crippen LogP) is 1.95. The Kier molecular flexibility index (Phi) is 4.04. The maximum Gasteiger partial charge on any atom is 0.274 e. The number of hydrogen-bond acceptors (Lipinski definition) is 4. The number of nitrogens with zero attached hydrogens (tertiary/aromatic N) is 1. The summed E-state index contributed by atoms with van der Waals surface area (Å²) < 4.78 is 12.7. The Morgan fingerprint density at radius 3 is 2.53 bits per heavy atom. The summed E-state index contributed by atoms with van der Waals surface area (Å²) in [7, 11) is 0. The number of nitrogens with one attached hydrogen (secondary N) is 2. The zero-order valence-electron chi connectivity index (χ0n) is 9.93. The van der Waals surface area contributed by atoms with E-state index in [0.29, 0.717) is 17.9 Å². The molecule has 2 rings (SSSR count). The Labute approximate surface area is 109 Å². The van der Waals surface area contributed by atoms with Gasteiger partial charge in [0.1, 0.15) is 11.6 Å². The maximum absolute atomic E-state index is 12.7. The number of pyridine rings is 1. The van der Waals surface area contributed by atoms with Crippen LogP contribution in [0.15, 0.2) is 42.6 Å². The van der Waals surface area contributed by atoms with Crippen molar-refractivity contribution in [3.8, 4) is 0 Å². The minimum atomic E-state index is -0.556. The summed E-state index contributed by atoms with van der Waals surface area (Å²) >= 11 is 0. The summed E-state index contributed by atoms with van der Waals surface area (Å²) in [4.78, 5) is 15.0. The van der Waals surface area contributed by atoms with E-state index in [0.717, 1.165) is 11.8 Å². The Balaban J connectivity index is 1.96. The van der Waals surface area contributed by atoms with Crippen LogP contribution in [-0.4, -0.2) is 16.1 Å². The van der Waals surface area contributed by atoms with Crippen LogP contribution < -0.4 is 10.8 Å². The fraction of sp³-hybridized carbons (Fsp3) is 0.0769. The molecule has 0 unspecified atom stereocenters. The highest BCUT2D eigenvalue weighted by Crippen LogP contribution is 2.08. The van der Waals surface area contributed by atoms with Gasteiger partial charge in [-0.3, -0.25) is 10.0 Å². The van der Waals surface area contributed by atoms with E-state index in [9.17, 15) is 9.18 Å². The van der Waals surface area contributed by atoms with Crippen LogP contribution >= 0.6 is 0 Å². The number of carbonyl (C=O) groups is 1. The van der Waals surface area contributed by atoms with Crippen molar-refractivity contribution in [3.05, 3.63) is 59.5 Å². The van der Waals surface area contributed by atoms with Gasteiger partial charge in [0.25, 0.3) is 5.91 Å². The maximum atomic E-state index is 12.7. The number of hydrogen-bond donors (Lipinski definition) is 3. The van der Waals surface area contributed by atoms with Gasteiger partial charge < -0.3 is 5.32 Å². The van der Waals surface area contributed by atoms with Crippen LogP contribution in [0.4, 0.5) is 10.2 Å². The molecule has 0 atom stereocenters. The number of carbonyl (C=O) groups excluding carboxylic acids is 1. The lowest BCUT2D eigenvalue weighted by atomic mass is 10.1. The number of anilines is 1. The minimum Gasteiger partial charge on any atom is -0.366 e. The lowest BCUT2D eigenvalue weighted by Crippen LogP contribution is -2.18. The summed E-state index contributed by atoms with van der Waals surface area (Å²) in [6, 6.07) is 9.57. The highest BCUT2D eigenvalue weighted by molar-refractivity contribution is 5.93. The van der Waals surface area contributed by atoms with Crippen LogP contribution in [0.1, 0.15) is 15.9 Å². The van der Waals surface area contributed by atoms with Crippen molar-refractivity contribution in [2.45, 2.75) is 6.54 Å². The molecule has 1 aromatic carbocycles. The lowest BCUT2D eigenvalue weighted by molar-refractivity contribution is 0.0706. The Bertz CT molecular complexity index is 555. The second-order valence-electron chi connectivity index (χ2n) is 3.85. The SMILES string of the molecule is O=C(NO)c1ccc(CNc2ccc(F)cn2)cc1. The van der Waals surface area contributed by atoms with Gasteiger partial charge in [-0.15, -0.1) is 0 Å². The number of halogens is 1. The largest absolute Gasteiger partial charge is 0.366 e. The zero-order valence-corrected chi connectivity index (χ0v) is 9.93. The predicted molar refractivity (Wildman–Crippen MR) is 67.2 cm³/mol. The topological polar surface area (TPSA) is 74.2 Å². The van der Waals surface area contributed by atoms with E-state index in [2.05, 4.69) is 10.3 Å². The second-order valence-corrected chi connectivity index (χ2v) is 3.85. The number of aromatic nitrogens is 1. The first-order chi connectivity index (χ1) is 9.19. The number of hydroxylamine groups is 1. The van der Waals surface area contributed by atoms with E-state index < -0.39 is 5.91 Å². The summed E-state index contributed by atoms with van der Waals surface area (Å²) in [6.45, 7) is 0.500. The molecule has 0 radical (unpaired) electrons. The van der Waals surface area contributed by atoms with Crippen LogP contribution in [-0.2, 0) is 6.54 Å². The first-order valence-electron chi connectivity index (χ1n) is 5.58. The molecule has 0 aliphatic rings. The highest BCUT2D eigenvalue weighted by Gasteiger charge is 2.03. The quantitative estimate of drug-likeness (QED) is 0.581. The summed E-state index contributed by atoms with van der Waals surface area (Å²) in [5, 5.41) is 11.5. The van der Waals surface area contributed by atoms with Gasteiger partial charge in [0.2, 0.25) is 0 Å². The highest BCUT2D eigenvalue weighted by atomic mass is 19.1. The average molecular weight is 261 g/mol. The molecular weight excluding hydrogens is 249 g/mol. The minimum absolute atomic E-state index is 0.367. The first kappa shape index (κ1) is 13.0. The van der Waals surface area contributed by atoms with Crippen molar-refractivity contribution in [2.75, 3.05) is 5.32 Å². The molecule has 1 amide bonds. The van der Waals surface area contributed by atoms with Crippen molar-refractivity contribution in [1.29, 1.82) is 0 Å². The normalized spacial score (nSPS) is 10.0. The van der Waals surface area contributed by atoms with Crippen molar-refractivity contribution in [2.24, 2.45) is 0 Å². The molecule has 0 spiro atoms. The number of amides is 1. The Morgan fingerprint density at radius 2 is 1.95 bits per heavy atom. The Hall–Kier alpha value is -2.47. The average Bonchev–Trinajstić information content (AvgIpc) is 2.46. The van der Waals surface area contributed by atoms with E-state index in [1.165, 1.54) is 6.07 Å². The van der Waals surface area contributed by atoms with E-state index in [4.69, 9.17) is 5.21 Å². The molecule has 0 fully saturated rings. The van der Waals surface area contributed by atoms with Gasteiger partial charge in [0, 0.05) is 12.1 Å². The van der Waals surface area contributed by atoms with Crippen LogP contribution in [0.5, 0.6) is 0 Å². The first-order valence-corrected chi connectivity index (χ1v) is 5.58. The van der Waals surface area contributed by atoms with Gasteiger partial charge in [0.15, 0.2) is 0 Å². The monoisotopic (exact) mass is 261 g/mol. The van der Waals surface area contributed by atoms with Gasteiger partial charge in [-0.2, -0.15) is 0 Å². The summed E-state index contributed by atoms with van der Waals surface area (Å²) in [6.07, 6.45) is 1.14. The molecule has 3 N–H and O–H groups in total. The molecule has 0 aliphatic heterocycles. The van der Waals surface area contributed by atoms with E-state index in [1.54, 1.807) is 35.8 Å². The summed E-state index contributed by atoms with van der Waals surface area (Å²) in [5.41, 5.74) is 2.86. The van der Waals surface area contributed by atoms with Crippen molar-refractivity contribution in [1.82, 2.24) is 10.5 Å². The van der Waals surface area contributed by atoms with Crippen molar-refractivity contribution >= 4 is 11.7 Å². The van der Waals surface area contributed by atoms with Crippen LogP contribution in [0.2, 0.25) is 0 Å². The molecule has 19 heavy (non-hydrogen) atoms. The van der Waals surface area contributed by atoms with E-state index in [1.807, 2.05) is 0 Å². The second kappa shape index (κ2) is 5.92. The van der Waals surface area contributed by atoms with Crippen LogP contribution in [0, 0.1) is 5.82 Å². The Morgan fingerprint density at radius 1 is 1.21 bits per heavy atom. The molecule has 2 aromatic rings. The molecule has 6 heteroatoms. The van der Waals surface area contributed by atoms with Crippen molar-refractivity contribution in [3.63, 3.8) is 0 Å². The molecule has 0 bridgehead atoms. The van der Waals surface area contributed by atoms with E-state index in [-0.39, 0.29) is 5.82 Å². The van der Waals surface area contributed by atoms with E-state index >= 15 is 0 Å². The fourth-order valence-electron chi connectivity index (χ4n) is 1.51. The third-order valence-electron chi connectivity index (χ3n) is 2.52. The van der Waals surface area contributed by atoms with Gasteiger partial charge in [0.05, 0.1) is 6.20 Å². The standard InChI is InChI=1S/C13H12FN3O2/c14-11-5-6-12(16-8-11)15-7-9-1-3-10(4-2-9)13(18)17-19/h1-6,8,19H,7H2,(H,15,16)(H,17,18). The van der Waals surface area contributed by atoms with Crippen LogP contribution in [0.3, 0.4) is 0 Å². The molecule has 0 saturated carbocycles. The van der Waals surface area contributed by atoms with Gasteiger partial charge in [-0.25, -0.2) is 14.9 Å². The lowest BCUT2D eigenvalue weighted by Gasteiger charge is -2.06. The molecule has 1 aromatic heterocycles. The smallest absolute Gasteiger partial charge is 0.274 e. The van der Waals surface area contributed by atoms with Crippen LogP contribution in [0.25, 0.3) is 0 Å². The van der Waals surface area contributed by atoms with Crippen molar-refractivity contribution < 1.29 is 14.4 Å².